The highest BCUT2D eigenvalue weighted by Crippen LogP contribution is 2.20. The van der Waals surface area contributed by atoms with Gasteiger partial charge >= 0.3 is 5.97 Å². The van der Waals surface area contributed by atoms with Gasteiger partial charge in [0.25, 0.3) is 5.56 Å². The van der Waals surface area contributed by atoms with Gasteiger partial charge in [0.1, 0.15) is 11.6 Å². The fourth-order valence-corrected chi connectivity index (χ4v) is 3.88. The largest absolute Gasteiger partial charge is 0.493 e. The van der Waals surface area contributed by atoms with Crippen molar-refractivity contribution in [3.05, 3.63) is 70.3 Å². The average Bonchev–Trinajstić information content (AvgIpc) is 2.78. The van der Waals surface area contributed by atoms with Gasteiger partial charge in [-0.15, -0.1) is 0 Å². The number of carbonyl (C=O) groups is 1. The molecule has 1 saturated heterocycles. The third-order valence-electron chi connectivity index (χ3n) is 5.38. The van der Waals surface area contributed by atoms with Gasteiger partial charge in [0.2, 0.25) is 0 Å². The number of para-hydroxylation sites is 1. The number of piperidine rings is 1. The SMILES string of the molecule is COC(=O)c1ccc2c(=O)[nH]c(CN3CCCC(COc4ccccc4)C3)nc2c1. The Kier molecular flexibility index (Phi) is 6.09. The van der Waals surface area contributed by atoms with Crippen LogP contribution in [-0.2, 0) is 11.3 Å². The van der Waals surface area contributed by atoms with Gasteiger partial charge in [0, 0.05) is 12.5 Å². The van der Waals surface area contributed by atoms with Crippen LogP contribution in [0.5, 0.6) is 5.75 Å². The molecule has 1 aliphatic heterocycles. The summed E-state index contributed by atoms with van der Waals surface area (Å²) >= 11 is 0. The van der Waals surface area contributed by atoms with E-state index >= 15 is 0 Å². The van der Waals surface area contributed by atoms with Crippen LogP contribution in [-0.4, -0.2) is 47.6 Å². The second-order valence-electron chi connectivity index (χ2n) is 7.60. The number of hydrogen-bond acceptors (Lipinski definition) is 6. The van der Waals surface area contributed by atoms with Crippen molar-refractivity contribution >= 4 is 16.9 Å². The number of aromatic amines is 1. The topological polar surface area (TPSA) is 84.5 Å². The molecule has 1 atom stereocenters. The number of esters is 1. The van der Waals surface area contributed by atoms with E-state index in [1.54, 1.807) is 18.2 Å². The number of likely N-dealkylation sites (tertiary alicyclic amines) is 1. The minimum absolute atomic E-state index is 0.201. The van der Waals surface area contributed by atoms with E-state index in [-0.39, 0.29) is 5.56 Å². The third kappa shape index (κ3) is 4.68. The Hall–Kier alpha value is -3.19. The predicted octanol–water partition coefficient (Wildman–Crippen LogP) is 3.00. The monoisotopic (exact) mass is 407 g/mol. The Bertz CT molecular complexity index is 1080. The van der Waals surface area contributed by atoms with E-state index in [1.807, 2.05) is 30.3 Å². The fraction of sp³-hybridized carbons (Fsp3) is 0.348. The van der Waals surface area contributed by atoms with Gasteiger partial charge in [0.05, 0.1) is 36.7 Å². The van der Waals surface area contributed by atoms with Crippen LogP contribution < -0.4 is 10.3 Å². The van der Waals surface area contributed by atoms with Gasteiger partial charge < -0.3 is 14.5 Å². The maximum absolute atomic E-state index is 12.5. The van der Waals surface area contributed by atoms with Gasteiger partial charge in [0.15, 0.2) is 0 Å². The van der Waals surface area contributed by atoms with E-state index in [9.17, 15) is 9.59 Å². The molecule has 156 valence electrons. The first kappa shape index (κ1) is 20.1. The van der Waals surface area contributed by atoms with Crippen molar-refractivity contribution in [1.82, 2.24) is 14.9 Å². The van der Waals surface area contributed by atoms with Gasteiger partial charge in [-0.3, -0.25) is 9.69 Å². The van der Waals surface area contributed by atoms with E-state index in [0.29, 0.717) is 41.4 Å². The van der Waals surface area contributed by atoms with Gasteiger partial charge in [-0.25, -0.2) is 9.78 Å². The molecule has 7 heteroatoms. The first-order valence-corrected chi connectivity index (χ1v) is 10.1. The molecule has 1 aliphatic rings. The molecule has 4 rings (SSSR count). The molecule has 0 amide bonds. The Morgan fingerprint density at radius 2 is 2.07 bits per heavy atom. The summed E-state index contributed by atoms with van der Waals surface area (Å²) in [5, 5.41) is 0.458. The second kappa shape index (κ2) is 9.09. The van der Waals surface area contributed by atoms with Crippen LogP contribution >= 0.6 is 0 Å². The van der Waals surface area contributed by atoms with E-state index < -0.39 is 5.97 Å². The van der Waals surface area contributed by atoms with Crippen molar-refractivity contribution in [1.29, 1.82) is 0 Å². The quantitative estimate of drug-likeness (QED) is 0.633. The Morgan fingerprint density at radius 3 is 2.87 bits per heavy atom. The van der Waals surface area contributed by atoms with Gasteiger partial charge in [-0.2, -0.15) is 0 Å². The highest BCUT2D eigenvalue weighted by Gasteiger charge is 2.21. The van der Waals surface area contributed by atoms with Crippen molar-refractivity contribution in [2.45, 2.75) is 19.4 Å². The number of fused-ring (bicyclic) bond motifs is 1. The summed E-state index contributed by atoms with van der Waals surface area (Å²) in [4.78, 5) is 34.0. The van der Waals surface area contributed by atoms with Crippen LogP contribution in [0.2, 0.25) is 0 Å². The Balaban J connectivity index is 1.45. The van der Waals surface area contributed by atoms with Crippen molar-refractivity contribution in [2.75, 3.05) is 26.8 Å². The minimum Gasteiger partial charge on any atom is -0.493 e. The molecule has 1 N–H and O–H groups in total. The number of methoxy groups -OCH3 is 1. The third-order valence-corrected chi connectivity index (χ3v) is 5.38. The zero-order valence-corrected chi connectivity index (χ0v) is 17.0. The van der Waals surface area contributed by atoms with Gasteiger partial charge in [-0.05, 0) is 49.7 Å². The van der Waals surface area contributed by atoms with Crippen molar-refractivity contribution in [2.24, 2.45) is 5.92 Å². The highest BCUT2D eigenvalue weighted by atomic mass is 16.5. The zero-order chi connectivity index (χ0) is 20.9. The molecule has 30 heavy (non-hydrogen) atoms. The molecule has 1 aromatic heterocycles. The molecule has 1 fully saturated rings. The maximum Gasteiger partial charge on any atom is 0.337 e. The van der Waals surface area contributed by atoms with Crippen LogP contribution in [0, 0.1) is 5.92 Å². The number of aromatic nitrogens is 2. The number of nitrogens with one attached hydrogen (secondary N) is 1. The number of ether oxygens (including phenoxy) is 2. The van der Waals surface area contributed by atoms with Crippen molar-refractivity contribution in [3.63, 3.8) is 0 Å². The van der Waals surface area contributed by atoms with Crippen LogP contribution in [0.4, 0.5) is 0 Å². The predicted molar refractivity (Wildman–Crippen MR) is 114 cm³/mol. The van der Waals surface area contributed by atoms with E-state index in [1.165, 1.54) is 7.11 Å². The maximum atomic E-state index is 12.5. The standard InChI is InChI=1S/C23H25N3O4/c1-29-23(28)17-9-10-19-20(12-17)24-21(25-22(19)27)14-26-11-5-6-16(13-26)15-30-18-7-3-2-4-8-18/h2-4,7-10,12,16H,5-6,11,13-15H2,1H3,(H,24,25,27). The molecule has 7 nitrogen and oxygen atoms in total. The lowest BCUT2D eigenvalue weighted by Gasteiger charge is -2.32. The van der Waals surface area contributed by atoms with E-state index in [0.717, 1.165) is 31.7 Å². The lowest BCUT2D eigenvalue weighted by molar-refractivity contribution is 0.0601. The number of rotatable bonds is 6. The summed E-state index contributed by atoms with van der Waals surface area (Å²) < 4.78 is 10.7. The summed E-state index contributed by atoms with van der Waals surface area (Å²) in [5.41, 5.74) is 0.676. The van der Waals surface area contributed by atoms with Crippen molar-refractivity contribution < 1.29 is 14.3 Å². The Morgan fingerprint density at radius 1 is 1.23 bits per heavy atom. The lowest BCUT2D eigenvalue weighted by Crippen LogP contribution is -2.38. The molecular formula is C23H25N3O4. The lowest BCUT2D eigenvalue weighted by atomic mass is 9.99. The molecule has 0 saturated carbocycles. The average molecular weight is 407 g/mol. The molecule has 0 spiro atoms. The number of carbonyl (C=O) groups excluding carboxylic acids is 1. The summed E-state index contributed by atoms with van der Waals surface area (Å²) in [6, 6.07) is 14.6. The van der Waals surface area contributed by atoms with Crippen LogP contribution in [0.3, 0.4) is 0 Å². The van der Waals surface area contributed by atoms with Crippen LogP contribution in [0.1, 0.15) is 29.0 Å². The normalized spacial score (nSPS) is 17.0. The first-order chi connectivity index (χ1) is 14.6. The Labute approximate surface area is 174 Å². The van der Waals surface area contributed by atoms with Crippen LogP contribution in [0.15, 0.2) is 53.3 Å². The zero-order valence-electron chi connectivity index (χ0n) is 17.0. The van der Waals surface area contributed by atoms with Crippen molar-refractivity contribution in [3.8, 4) is 5.75 Å². The molecule has 0 bridgehead atoms. The number of H-pyrrole nitrogens is 1. The summed E-state index contributed by atoms with van der Waals surface area (Å²) in [5.74, 6) is 1.46. The smallest absolute Gasteiger partial charge is 0.337 e. The molecular weight excluding hydrogens is 382 g/mol. The molecule has 2 heterocycles. The van der Waals surface area contributed by atoms with Gasteiger partial charge in [-0.1, -0.05) is 18.2 Å². The van der Waals surface area contributed by atoms with Crippen LogP contribution in [0.25, 0.3) is 10.9 Å². The molecule has 2 aromatic carbocycles. The summed E-state index contributed by atoms with van der Waals surface area (Å²) in [7, 11) is 1.33. The molecule has 0 aliphatic carbocycles. The molecule has 3 aromatic rings. The number of benzene rings is 2. The molecule has 1 unspecified atom stereocenters. The first-order valence-electron chi connectivity index (χ1n) is 10.1. The molecule has 0 radical (unpaired) electrons. The second-order valence-corrected chi connectivity index (χ2v) is 7.60. The number of hydrogen-bond donors (Lipinski definition) is 1. The van der Waals surface area contributed by atoms with E-state index in [4.69, 9.17) is 9.47 Å². The number of nitrogens with zero attached hydrogens (tertiary/aromatic N) is 2. The summed E-state index contributed by atoms with van der Waals surface area (Å²) in [6.07, 6.45) is 2.20. The van der Waals surface area contributed by atoms with E-state index in [2.05, 4.69) is 14.9 Å². The fourth-order valence-electron chi connectivity index (χ4n) is 3.88. The highest BCUT2D eigenvalue weighted by molar-refractivity contribution is 5.93. The summed E-state index contributed by atoms with van der Waals surface area (Å²) in [6.45, 7) is 3.06. The minimum atomic E-state index is -0.446.